The average molecular weight is 255 g/mol. The summed E-state index contributed by atoms with van der Waals surface area (Å²) < 4.78 is 28.1. The van der Waals surface area contributed by atoms with Crippen molar-refractivity contribution in [3.8, 4) is 0 Å². The van der Waals surface area contributed by atoms with Crippen LogP contribution in [0.5, 0.6) is 0 Å². The van der Waals surface area contributed by atoms with Crippen LogP contribution in [0.3, 0.4) is 0 Å². The molecular formula is C9H7N2O5S-. The van der Waals surface area contributed by atoms with Crippen molar-refractivity contribution in [3.05, 3.63) is 18.2 Å². The van der Waals surface area contributed by atoms with Crippen molar-refractivity contribution in [1.29, 1.82) is 0 Å². The summed E-state index contributed by atoms with van der Waals surface area (Å²) in [5, 5.41) is 17.3. The van der Waals surface area contributed by atoms with E-state index >= 15 is 0 Å². The number of aliphatic carboxylic acids is 1. The molecule has 7 nitrogen and oxygen atoms in total. The largest absolute Gasteiger partial charge is 0.550 e. The summed E-state index contributed by atoms with van der Waals surface area (Å²) in [6.45, 7) is 0. The second kappa shape index (κ2) is 4.13. The first-order chi connectivity index (χ1) is 8.00. The van der Waals surface area contributed by atoms with Gasteiger partial charge < -0.3 is 9.90 Å². The van der Waals surface area contributed by atoms with Crippen LogP contribution in [-0.4, -0.2) is 30.5 Å². The molecule has 0 atom stereocenters. The smallest absolute Gasteiger partial charge is 0.181 e. The van der Waals surface area contributed by atoms with E-state index in [2.05, 4.69) is 14.9 Å². The van der Waals surface area contributed by atoms with Crippen molar-refractivity contribution in [2.24, 2.45) is 0 Å². The lowest BCUT2D eigenvalue weighted by Crippen LogP contribution is -2.25. The molecule has 2 aromatic rings. The van der Waals surface area contributed by atoms with Gasteiger partial charge in [0.15, 0.2) is 15.4 Å². The van der Waals surface area contributed by atoms with Crippen LogP contribution < -0.4 is 5.11 Å². The molecule has 0 radical (unpaired) electrons. The highest BCUT2D eigenvalue weighted by Crippen LogP contribution is 2.21. The molecule has 1 aromatic heterocycles. The molecule has 0 bridgehead atoms. The molecule has 0 amide bonds. The Kier molecular flexibility index (Phi) is 2.80. The highest BCUT2D eigenvalue weighted by molar-refractivity contribution is 7.91. The number of carboxylic acid groups (broad SMARTS) is 1. The summed E-state index contributed by atoms with van der Waals surface area (Å²) in [6.07, 6.45) is -0.565. The minimum atomic E-state index is -3.74. The minimum Gasteiger partial charge on any atom is -0.550 e. The number of sulfone groups is 1. The molecule has 0 saturated heterocycles. The van der Waals surface area contributed by atoms with Crippen LogP contribution in [0.15, 0.2) is 27.7 Å². The second-order valence-corrected chi connectivity index (χ2v) is 5.41. The van der Waals surface area contributed by atoms with Crippen LogP contribution in [0.1, 0.15) is 6.42 Å². The van der Waals surface area contributed by atoms with E-state index < -0.39 is 28.0 Å². The van der Waals surface area contributed by atoms with Gasteiger partial charge in [-0.3, -0.25) is 0 Å². The van der Waals surface area contributed by atoms with Gasteiger partial charge in [0.25, 0.3) is 0 Å². The highest BCUT2D eigenvalue weighted by Gasteiger charge is 2.19. The van der Waals surface area contributed by atoms with Crippen molar-refractivity contribution < 1.29 is 22.9 Å². The summed E-state index contributed by atoms with van der Waals surface area (Å²) in [5.74, 6) is -1.96. The number of fused-ring (bicyclic) bond motifs is 1. The number of carbonyl (C=O) groups is 1. The van der Waals surface area contributed by atoms with Crippen LogP contribution >= 0.6 is 0 Å². The van der Waals surface area contributed by atoms with E-state index in [1.165, 1.54) is 12.1 Å². The maximum Gasteiger partial charge on any atom is 0.181 e. The normalized spacial score (nSPS) is 11.8. The molecule has 0 saturated carbocycles. The van der Waals surface area contributed by atoms with Crippen molar-refractivity contribution in [2.45, 2.75) is 11.3 Å². The molecule has 0 aliphatic rings. The summed E-state index contributed by atoms with van der Waals surface area (Å²) in [4.78, 5) is 10.2. The van der Waals surface area contributed by atoms with E-state index in [-0.39, 0.29) is 10.4 Å². The number of hydrogen-bond acceptors (Lipinski definition) is 7. The monoisotopic (exact) mass is 255 g/mol. The lowest BCUT2D eigenvalue weighted by Gasteiger charge is -2.04. The number of benzene rings is 1. The number of aromatic nitrogens is 2. The van der Waals surface area contributed by atoms with Crippen LogP contribution in [0.25, 0.3) is 11.0 Å². The number of carbonyl (C=O) groups excluding carboxylic acids is 1. The zero-order valence-corrected chi connectivity index (χ0v) is 9.31. The van der Waals surface area contributed by atoms with E-state index in [9.17, 15) is 18.3 Å². The fourth-order valence-electron chi connectivity index (χ4n) is 1.36. The van der Waals surface area contributed by atoms with Gasteiger partial charge in [-0.25, -0.2) is 13.0 Å². The summed E-state index contributed by atoms with van der Waals surface area (Å²) in [7, 11) is -3.74. The molecule has 0 N–H and O–H groups in total. The molecule has 0 fully saturated rings. The fraction of sp³-hybridized carbons (Fsp3) is 0.222. The van der Waals surface area contributed by atoms with Gasteiger partial charge in [0.2, 0.25) is 0 Å². The first-order valence-corrected chi connectivity index (χ1v) is 6.30. The third kappa shape index (κ3) is 2.26. The second-order valence-electron chi connectivity index (χ2n) is 3.33. The Bertz CT molecular complexity index is 661. The third-order valence-electron chi connectivity index (χ3n) is 2.16. The van der Waals surface area contributed by atoms with Gasteiger partial charge in [0.05, 0.1) is 10.6 Å². The number of hydrogen-bond donors (Lipinski definition) is 0. The molecule has 0 aliphatic heterocycles. The first kappa shape index (κ1) is 11.5. The van der Waals surface area contributed by atoms with Crippen molar-refractivity contribution in [3.63, 3.8) is 0 Å². The standard InChI is InChI=1S/C9H8N2O5S/c12-8(13)4-5-17(14,15)7-3-1-2-6-9(7)11-16-10-6/h1-3H,4-5H2,(H,12,13)/p-1. The molecular weight excluding hydrogens is 248 g/mol. The first-order valence-electron chi connectivity index (χ1n) is 4.64. The third-order valence-corrected chi connectivity index (χ3v) is 3.90. The van der Waals surface area contributed by atoms with E-state index in [0.717, 1.165) is 0 Å². The Morgan fingerprint density at radius 1 is 1.35 bits per heavy atom. The van der Waals surface area contributed by atoms with Crippen LogP contribution in [0.2, 0.25) is 0 Å². The Morgan fingerprint density at radius 3 is 2.82 bits per heavy atom. The van der Waals surface area contributed by atoms with E-state index in [1.54, 1.807) is 6.07 Å². The Balaban J connectivity index is 2.45. The number of nitrogens with zero attached hydrogens (tertiary/aromatic N) is 2. The predicted molar refractivity (Wildman–Crippen MR) is 53.5 cm³/mol. The van der Waals surface area contributed by atoms with Crippen molar-refractivity contribution >= 4 is 26.8 Å². The molecule has 0 aliphatic carbocycles. The SMILES string of the molecule is O=C([O-])CCS(=O)(=O)c1cccc2nonc12. The van der Waals surface area contributed by atoms with E-state index in [4.69, 9.17) is 0 Å². The highest BCUT2D eigenvalue weighted by atomic mass is 32.2. The van der Waals surface area contributed by atoms with Crippen LogP contribution in [-0.2, 0) is 14.6 Å². The summed E-state index contributed by atoms with van der Waals surface area (Å²) >= 11 is 0. The Morgan fingerprint density at radius 2 is 2.12 bits per heavy atom. The molecule has 1 aromatic carbocycles. The number of rotatable bonds is 4. The van der Waals surface area contributed by atoms with Gasteiger partial charge in [0.1, 0.15) is 5.52 Å². The molecule has 0 spiro atoms. The molecule has 2 rings (SSSR count). The van der Waals surface area contributed by atoms with Gasteiger partial charge in [-0.15, -0.1) is 0 Å². The van der Waals surface area contributed by atoms with E-state index in [0.29, 0.717) is 5.52 Å². The average Bonchev–Trinajstić information content (AvgIpc) is 2.74. The lowest BCUT2D eigenvalue weighted by atomic mass is 10.3. The molecule has 90 valence electrons. The summed E-state index contributed by atoms with van der Waals surface area (Å²) in [6, 6.07) is 4.36. The molecule has 8 heteroatoms. The van der Waals surface area contributed by atoms with Gasteiger partial charge in [-0.05, 0) is 22.4 Å². The Labute approximate surface area is 95.9 Å². The minimum absolute atomic E-state index is 0.0856. The Hall–Kier alpha value is -1.96. The van der Waals surface area contributed by atoms with Crippen molar-refractivity contribution in [1.82, 2.24) is 10.3 Å². The molecule has 1 heterocycles. The van der Waals surface area contributed by atoms with E-state index in [1.807, 2.05) is 0 Å². The zero-order chi connectivity index (χ0) is 12.5. The molecule has 0 unspecified atom stereocenters. The maximum atomic E-state index is 11.8. The van der Waals surface area contributed by atoms with Crippen LogP contribution in [0.4, 0.5) is 0 Å². The van der Waals surface area contributed by atoms with Gasteiger partial charge in [-0.2, -0.15) is 0 Å². The molecule has 17 heavy (non-hydrogen) atoms. The lowest BCUT2D eigenvalue weighted by molar-refractivity contribution is -0.305. The van der Waals surface area contributed by atoms with Gasteiger partial charge in [-0.1, -0.05) is 6.07 Å². The van der Waals surface area contributed by atoms with Gasteiger partial charge >= 0.3 is 0 Å². The topological polar surface area (TPSA) is 113 Å². The summed E-state index contributed by atoms with van der Waals surface area (Å²) in [5.41, 5.74) is 0.408. The predicted octanol–water partition coefficient (Wildman–Crippen LogP) is -0.863. The number of carboxylic acids is 1. The zero-order valence-electron chi connectivity index (χ0n) is 8.49. The van der Waals surface area contributed by atoms with Gasteiger partial charge in [0, 0.05) is 12.4 Å². The maximum absolute atomic E-state index is 11.8. The quantitative estimate of drug-likeness (QED) is 0.698. The fourth-order valence-corrected chi connectivity index (χ4v) is 2.74. The van der Waals surface area contributed by atoms with Crippen LogP contribution in [0, 0.1) is 0 Å². The van der Waals surface area contributed by atoms with Crippen molar-refractivity contribution in [2.75, 3.05) is 5.75 Å².